The summed E-state index contributed by atoms with van der Waals surface area (Å²) in [5.74, 6) is 0.684. The number of nitrogens with one attached hydrogen (secondary N) is 1. The van der Waals surface area contributed by atoms with E-state index in [1.807, 2.05) is 0 Å². The number of piperidine rings is 1. The Morgan fingerprint density at radius 3 is 2.24 bits per heavy atom. The summed E-state index contributed by atoms with van der Waals surface area (Å²) in [5.41, 5.74) is 0.364. The molecule has 1 fully saturated rings. The molecule has 1 aliphatic heterocycles. The number of aromatic nitrogens is 3. The van der Waals surface area contributed by atoms with Crippen LogP contribution in [-0.2, 0) is 0 Å². The molecule has 1 aliphatic rings. The molecule has 0 unspecified atom stereocenters. The lowest BCUT2D eigenvalue weighted by Crippen LogP contribution is -2.63. The molecule has 0 aliphatic carbocycles. The van der Waals surface area contributed by atoms with Gasteiger partial charge in [0.1, 0.15) is 12.7 Å². The Morgan fingerprint density at radius 1 is 1.14 bits per heavy atom. The molecule has 5 heteroatoms. The van der Waals surface area contributed by atoms with Gasteiger partial charge in [0, 0.05) is 17.1 Å². The Labute approximate surface area is 128 Å². The van der Waals surface area contributed by atoms with Crippen LogP contribution in [0.25, 0.3) is 0 Å². The molecule has 0 radical (unpaired) electrons. The van der Waals surface area contributed by atoms with Gasteiger partial charge in [0.2, 0.25) is 5.95 Å². The first-order valence-electron chi connectivity index (χ1n) is 8.01. The van der Waals surface area contributed by atoms with Crippen molar-refractivity contribution in [3.63, 3.8) is 0 Å². The van der Waals surface area contributed by atoms with Gasteiger partial charge in [-0.2, -0.15) is 0 Å². The average Bonchev–Trinajstić information content (AvgIpc) is 2.37. The maximum Gasteiger partial charge on any atom is 0.225 e. The minimum absolute atomic E-state index is 0.182. The molecular weight excluding hydrogens is 262 g/mol. The topological polar surface area (TPSA) is 53.9 Å². The fourth-order valence-corrected chi connectivity index (χ4v) is 3.84. The van der Waals surface area contributed by atoms with Gasteiger partial charge >= 0.3 is 0 Å². The van der Waals surface area contributed by atoms with Gasteiger partial charge in [0.25, 0.3) is 0 Å². The monoisotopic (exact) mass is 291 g/mol. The highest BCUT2D eigenvalue weighted by Gasteiger charge is 2.44. The van der Waals surface area contributed by atoms with E-state index in [9.17, 15) is 0 Å². The molecule has 1 aromatic rings. The molecule has 2 rings (SSSR count). The Bertz CT molecular complexity index is 425. The number of unbranched alkanes of at least 4 members (excludes halogenated alkanes) is 1. The van der Waals surface area contributed by atoms with Crippen molar-refractivity contribution in [2.75, 3.05) is 11.9 Å². The molecule has 5 nitrogen and oxygen atoms in total. The van der Waals surface area contributed by atoms with Crippen molar-refractivity contribution in [1.82, 2.24) is 19.9 Å². The Balaban J connectivity index is 2.09. The lowest BCUT2D eigenvalue weighted by molar-refractivity contribution is -0.0323. The van der Waals surface area contributed by atoms with E-state index in [2.05, 4.69) is 59.8 Å². The van der Waals surface area contributed by atoms with Crippen LogP contribution in [0.1, 0.15) is 60.3 Å². The highest BCUT2D eigenvalue weighted by atomic mass is 15.3. The zero-order valence-corrected chi connectivity index (χ0v) is 14.1. The van der Waals surface area contributed by atoms with Crippen LogP contribution in [0.5, 0.6) is 0 Å². The van der Waals surface area contributed by atoms with Crippen LogP contribution in [0.4, 0.5) is 5.95 Å². The van der Waals surface area contributed by atoms with Crippen LogP contribution in [0, 0.1) is 0 Å². The van der Waals surface area contributed by atoms with Crippen molar-refractivity contribution >= 4 is 5.95 Å². The van der Waals surface area contributed by atoms with Gasteiger partial charge in [-0.25, -0.2) is 15.0 Å². The van der Waals surface area contributed by atoms with Gasteiger partial charge < -0.3 is 5.32 Å². The lowest BCUT2D eigenvalue weighted by atomic mass is 9.76. The molecule has 0 aromatic carbocycles. The molecule has 1 aromatic heterocycles. The maximum atomic E-state index is 4.19. The van der Waals surface area contributed by atoms with Gasteiger partial charge in [-0.1, -0.05) is 13.3 Å². The van der Waals surface area contributed by atoms with Crippen LogP contribution in [0.2, 0.25) is 0 Å². The maximum absolute atomic E-state index is 4.19. The quantitative estimate of drug-likeness (QED) is 0.903. The second-order valence-electron chi connectivity index (χ2n) is 7.34. The fraction of sp³-hybridized carbons (Fsp3) is 0.812. The summed E-state index contributed by atoms with van der Waals surface area (Å²) in [5, 5.41) is 3.48. The van der Waals surface area contributed by atoms with E-state index in [0.29, 0.717) is 12.0 Å². The predicted octanol–water partition coefficient (Wildman–Crippen LogP) is 3.11. The molecule has 21 heavy (non-hydrogen) atoms. The van der Waals surface area contributed by atoms with Crippen LogP contribution in [0.3, 0.4) is 0 Å². The van der Waals surface area contributed by atoms with Gasteiger partial charge in [-0.3, -0.25) is 4.90 Å². The Hall–Kier alpha value is -1.23. The SMILES string of the molecule is CCCCN1C(C)(C)CC(Nc2ncncn2)CC1(C)C. The first kappa shape index (κ1) is 16.1. The van der Waals surface area contributed by atoms with Crippen molar-refractivity contribution in [2.45, 2.75) is 77.4 Å². The third kappa shape index (κ3) is 3.90. The summed E-state index contributed by atoms with van der Waals surface area (Å²) >= 11 is 0. The molecule has 2 heterocycles. The summed E-state index contributed by atoms with van der Waals surface area (Å²) in [6, 6.07) is 0.398. The fourth-order valence-electron chi connectivity index (χ4n) is 3.84. The van der Waals surface area contributed by atoms with Crippen molar-refractivity contribution in [3.05, 3.63) is 12.7 Å². The molecule has 1 saturated heterocycles. The van der Waals surface area contributed by atoms with Gasteiger partial charge in [0.15, 0.2) is 0 Å². The minimum atomic E-state index is 0.182. The summed E-state index contributed by atoms with van der Waals surface area (Å²) in [6.45, 7) is 12.8. The Morgan fingerprint density at radius 2 is 1.71 bits per heavy atom. The average molecular weight is 291 g/mol. The van der Waals surface area contributed by atoms with E-state index >= 15 is 0 Å². The van der Waals surface area contributed by atoms with E-state index in [0.717, 1.165) is 12.8 Å². The third-order valence-corrected chi connectivity index (χ3v) is 4.52. The van der Waals surface area contributed by atoms with E-state index in [4.69, 9.17) is 0 Å². The number of nitrogens with zero attached hydrogens (tertiary/aromatic N) is 4. The summed E-state index contributed by atoms with van der Waals surface area (Å²) in [7, 11) is 0. The molecule has 0 saturated carbocycles. The molecule has 0 amide bonds. The van der Waals surface area contributed by atoms with E-state index in [-0.39, 0.29) is 11.1 Å². The Kier molecular flexibility index (Phi) is 4.81. The van der Waals surface area contributed by atoms with Crippen LogP contribution in [0.15, 0.2) is 12.7 Å². The van der Waals surface area contributed by atoms with Crippen molar-refractivity contribution < 1.29 is 0 Å². The molecular formula is C16H29N5. The van der Waals surface area contributed by atoms with E-state index in [1.165, 1.54) is 19.4 Å². The lowest BCUT2D eigenvalue weighted by Gasteiger charge is -2.55. The molecule has 0 bridgehead atoms. The van der Waals surface area contributed by atoms with E-state index < -0.39 is 0 Å². The summed E-state index contributed by atoms with van der Waals surface area (Å²) in [6.07, 6.45) is 7.80. The molecule has 1 N–H and O–H groups in total. The number of likely N-dealkylation sites (tertiary alicyclic amines) is 1. The van der Waals surface area contributed by atoms with Crippen LogP contribution in [-0.4, -0.2) is 43.5 Å². The molecule has 118 valence electrons. The second-order valence-corrected chi connectivity index (χ2v) is 7.34. The highest BCUT2D eigenvalue weighted by Crippen LogP contribution is 2.39. The number of rotatable bonds is 5. The van der Waals surface area contributed by atoms with Crippen molar-refractivity contribution in [3.8, 4) is 0 Å². The normalized spacial score (nSPS) is 22.1. The minimum Gasteiger partial charge on any atom is -0.351 e. The number of hydrogen-bond donors (Lipinski definition) is 1. The van der Waals surface area contributed by atoms with Crippen LogP contribution < -0.4 is 5.32 Å². The van der Waals surface area contributed by atoms with Gasteiger partial charge in [0.05, 0.1) is 0 Å². The van der Waals surface area contributed by atoms with Crippen molar-refractivity contribution in [2.24, 2.45) is 0 Å². The van der Waals surface area contributed by atoms with E-state index in [1.54, 1.807) is 12.7 Å². The zero-order valence-electron chi connectivity index (χ0n) is 14.1. The zero-order chi connectivity index (χ0) is 15.5. The smallest absolute Gasteiger partial charge is 0.225 e. The second kappa shape index (κ2) is 6.26. The summed E-state index contributed by atoms with van der Waals surface area (Å²) in [4.78, 5) is 14.9. The standard InChI is InChI=1S/C16H29N5/c1-6-7-8-21-15(2,3)9-13(10-16(21,4)5)20-14-18-11-17-12-19-14/h11-13H,6-10H2,1-5H3,(H,17,18,19,20). The number of anilines is 1. The summed E-state index contributed by atoms with van der Waals surface area (Å²) < 4.78 is 0. The van der Waals surface area contributed by atoms with Crippen molar-refractivity contribution in [1.29, 1.82) is 0 Å². The van der Waals surface area contributed by atoms with Crippen LogP contribution >= 0.6 is 0 Å². The van der Waals surface area contributed by atoms with Gasteiger partial charge in [-0.15, -0.1) is 0 Å². The predicted molar refractivity (Wildman–Crippen MR) is 86.2 cm³/mol. The number of hydrogen-bond acceptors (Lipinski definition) is 5. The molecule has 0 atom stereocenters. The van der Waals surface area contributed by atoms with Gasteiger partial charge in [-0.05, 0) is 53.5 Å². The third-order valence-electron chi connectivity index (χ3n) is 4.52. The largest absolute Gasteiger partial charge is 0.351 e. The highest BCUT2D eigenvalue weighted by molar-refractivity contribution is 5.25. The first-order valence-corrected chi connectivity index (χ1v) is 8.01. The molecule has 0 spiro atoms. The first-order chi connectivity index (χ1) is 9.85.